The summed E-state index contributed by atoms with van der Waals surface area (Å²) >= 11 is 0. The SMILES string of the molecule is CC(C)(C)OC(=O)N1CCOCC1C(N)Cc1cccc(F)c1. The first-order valence-corrected chi connectivity index (χ1v) is 7.83. The van der Waals surface area contributed by atoms with Gasteiger partial charge in [-0.15, -0.1) is 0 Å². The summed E-state index contributed by atoms with van der Waals surface area (Å²) in [5.74, 6) is -0.293. The molecule has 1 heterocycles. The Kier molecular flexibility index (Phi) is 5.59. The zero-order valence-corrected chi connectivity index (χ0v) is 13.9. The summed E-state index contributed by atoms with van der Waals surface area (Å²) in [4.78, 5) is 14.0. The molecule has 6 heteroatoms. The van der Waals surface area contributed by atoms with E-state index in [-0.39, 0.29) is 24.0 Å². The molecule has 1 aliphatic rings. The van der Waals surface area contributed by atoms with Crippen LogP contribution in [0.25, 0.3) is 0 Å². The molecule has 0 saturated carbocycles. The van der Waals surface area contributed by atoms with Crippen molar-refractivity contribution < 1.29 is 18.7 Å². The second-order valence-corrected chi connectivity index (χ2v) is 6.81. The van der Waals surface area contributed by atoms with Crippen LogP contribution in [0.1, 0.15) is 26.3 Å². The highest BCUT2D eigenvalue weighted by molar-refractivity contribution is 5.68. The number of carbonyl (C=O) groups is 1. The first-order valence-electron chi connectivity index (χ1n) is 7.83. The summed E-state index contributed by atoms with van der Waals surface area (Å²) < 4.78 is 24.2. The molecule has 0 spiro atoms. The highest BCUT2D eigenvalue weighted by Crippen LogP contribution is 2.18. The molecule has 5 nitrogen and oxygen atoms in total. The molecule has 1 aromatic rings. The summed E-state index contributed by atoms with van der Waals surface area (Å²) in [6.07, 6.45) is 0.0749. The van der Waals surface area contributed by atoms with E-state index in [2.05, 4.69) is 0 Å². The summed E-state index contributed by atoms with van der Waals surface area (Å²) in [6.45, 7) is 6.74. The lowest BCUT2D eigenvalue weighted by molar-refractivity contribution is -0.0378. The average Bonchev–Trinajstić information content (AvgIpc) is 2.45. The smallest absolute Gasteiger partial charge is 0.410 e. The van der Waals surface area contributed by atoms with Gasteiger partial charge in [0.05, 0.1) is 19.3 Å². The lowest BCUT2D eigenvalue weighted by atomic mass is 9.99. The molecule has 1 amide bonds. The standard InChI is InChI=1S/C17H25FN2O3/c1-17(2,3)23-16(21)20-7-8-22-11-15(20)14(19)10-12-5-4-6-13(18)9-12/h4-6,9,14-15H,7-8,10-11,19H2,1-3H3. The van der Waals surface area contributed by atoms with Gasteiger partial charge in [0, 0.05) is 12.6 Å². The minimum atomic E-state index is -0.563. The zero-order chi connectivity index (χ0) is 17.0. The fourth-order valence-corrected chi connectivity index (χ4v) is 2.60. The van der Waals surface area contributed by atoms with Gasteiger partial charge in [0.25, 0.3) is 0 Å². The van der Waals surface area contributed by atoms with Gasteiger partial charge in [0.2, 0.25) is 0 Å². The predicted octanol–water partition coefficient (Wildman–Crippen LogP) is 2.33. The Morgan fingerprint density at radius 2 is 2.26 bits per heavy atom. The quantitative estimate of drug-likeness (QED) is 0.927. The van der Waals surface area contributed by atoms with Crippen LogP contribution < -0.4 is 5.73 Å². The van der Waals surface area contributed by atoms with Crippen LogP contribution in [0, 0.1) is 5.82 Å². The maximum absolute atomic E-state index is 13.3. The largest absolute Gasteiger partial charge is 0.444 e. The topological polar surface area (TPSA) is 64.8 Å². The lowest BCUT2D eigenvalue weighted by Crippen LogP contribution is -2.58. The maximum atomic E-state index is 13.3. The molecule has 2 atom stereocenters. The first-order chi connectivity index (χ1) is 10.8. The van der Waals surface area contributed by atoms with Crippen molar-refractivity contribution in [1.29, 1.82) is 0 Å². The van der Waals surface area contributed by atoms with Gasteiger partial charge in [-0.1, -0.05) is 12.1 Å². The second kappa shape index (κ2) is 7.27. The molecular weight excluding hydrogens is 299 g/mol. The van der Waals surface area contributed by atoms with Gasteiger partial charge in [-0.25, -0.2) is 9.18 Å². The van der Waals surface area contributed by atoms with E-state index in [1.807, 2.05) is 26.8 Å². The molecule has 2 rings (SSSR count). The van der Waals surface area contributed by atoms with Crippen LogP contribution in [0.4, 0.5) is 9.18 Å². The third-order valence-electron chi connectivity index (χ3n) is 3.65. The highest BCUT2D eigenvalue weighted by atomic mass is 19.1. The number of carbonyl (C=O) groups excluding carboxylic acids is 1. The van der Waals surface area contributed by atoms with Crippen molar-refractivity contribution in [3.63, 3.8) is 0 Å². The minimum absolute atomic E-state index is 0.290. The molecule has 1 saturated heterocycles. The number of morpholine rings is 1. The number of nitrogens with zero attached hydrogens (tertiary/aromatic N) is 1. The molecule has 0 aliphatic carbocycles. The number of rotatable bonds is 3. The Morgan fingerprint density at radius 1 is 1.52 bits per heavy atom. The molecule has 128 valence electrons. The number of halogens is 1. The van der Waals surface area contributed by atoms with Crippen molar-refractivity contribution >= 4 is 6.09 Å². The van der Waals surface area contributed by atoms with E-state index in [9.17, 15) is 9.18 Å². The summed E-state index contributed by atoms with van der Waals surface area (Å²) in [5.41, 5.74) is 6.51. The third kappa shape index (κ3) is 5.18. The van der Waals surface area contributed by atoms with Gasteiger partial charge >= 0.3 is 6.09 Å². The van der Waals surface area contributed by atoms with Gasteiger partial charge in [-0.2, -0.15) is 0 Å². The van der Waals surface area contributed by atoms with E-state index in [0.29, 0.717) is 26.2 Å². The number of nitrogens with two attached hydrogens (primary N) is 1. The Hall–Kier alpha value is -1.66. The van der Waals surface area contributed by atoms with Crippen LogP contribution in [-0.2, 0) is 15.9 Å². The number of hydrogen-bond donors (Lipinski definition) is 1. The van der Waals surface area contributed by atoms with Crippen LogP contribution in [-0.4, -0.2) is 48.4 Å². The molecule has 1 fully saturated rings. The second-order valence-electron chi connectivity index (χ2n) is 6.81. The average molecular weight is 324 g/mol. The van der Waals surface area contributed by atoms with E-state index in [1.54, 1.807) is 11.0 Å². The third-order valence-corrected chi connectivity index (χ3v) is 3.65. The van der Waals surface area contributed by atoms with Gasteiger partial charge < -0.3 is 15.2 Å². The maximum Gasteiger partial charge on any atom is 0.410 e. The van der Waals surface area contributed by atoms with Crippen molar-refractivity contribution in [3.05, 3.63) is 35.6 Å². The van der Waals surface area contributed by atoms with E-state index < -0.39 is 5.60 Å². The predicted molar refractivity (Wildman–Crippen MR) is 85.6 cm³/mol. The molecule has 0 bridgehead atoms. The minimum Gasteiger partial charge on any atom is -0.444 e. The molecule has 23 heavy (non-hydrogen) atoms. The van der Waals surface area contributed by atoms with E-state index in [1.165, 1.54) is 12.1 Å². The van der Waals surface area contributed by atoms with Crippen LogP contribution in [0.3, 0.4) is 0 Å². The van der Waals surface area contributed by atoms with Crippen LogP contribution >= 0.6 is 0 Å². The van der Waals surface area contributed by atoms with Crippen molar-refractivity contribution in [2.75, 3.05) is 19.8 Å². The highest BCUT2D eigenvalue weighted by Gasteiger charge is 2.34. The fraction of sp³-hybridized carbons (Fsp3) is 0.588. The van der Waals surface area contributed by atoms with Crippen LogP contribution in [0.5, 0.6) is 0 Å². The summed E-state index contributed by atoms with van der Waals surface area (Å²) in [5, 5.41) is 0. The number of benzene rings is 1. The number of amides is 1. The van der Waals surface area contributed by atoms with Crippen molar-refractivity contribution in [1.82, 2.24) is 4.90 Å². The van der Waals surface area contributed by atoms with Crippen LogP contribution in [0.2, 0.25) is 0 Å². The Labute approximate surface area is 136 Å². The van der Waals surface area contributed by atoms with Crippen molar-refractivity contribution in [2.45, 2.75) is 44.9 Å². The monoisotopic (exact) mass is 324 g/mol. The van der Waals surface area contributed by atoms with Crippen LogP contribution in [0.15, 0.2) is 24.3 Å². The molecule has 2 N–H and O–H groups in total. The first kappa shape index (κ1) is 17.7. The summed E-state index contributed by atoms with van der Waals surface area (Å²) in [6, 6.07) is 5.68. The molecular formula is C17H25FN2O3. The normalized spacial score (nSPS) is 20.2. The Morgan fingerprint density at radius 3 is 2.91 bits per heavy atom. The number of ether oxygens (including phenoxy) is 2. The Bertz CT molecular complexity index is 545. The fourth-order valence-electron chi connectivity index (χ4n) is 2.60. The zero-order valence-electron chi connectivity index (χ0n) is 13.9. The van der Waals surface area contributed by atoms with Gasteiger partial charge in [-0.05, 0) is 44.9 Å². The Balaban J connectivity index is 2.06. The lowest BCUT2D eigenvalue weighted by Gasteiger charge is -2.39. The van der Waals surface area contributed by atoms with E-state index in [4.69, 9.17) is 15.2 Å². The summed E-state index contributed by atoms with van der Waals surface area (Å²) in [7, 11) is 0. The van der Waals surface area contributed by atoms with Gasteiger partial charge in [0.15, 0.2) is 0 Å². The van der Waals surface area contributed by atoms with Gasteiger partial charge in [-0.3, -0.25) is 4.90 Å². The van der Waals surface area contributed by atoms with Crippen molar-refractivity contribution in [3.8, 4) is 0 Å². The number of hydrogen-bond acceptors (Lipinski definition) is 4. The van der Waals surface area contributed by atoms with Gasteiger partial charge in [0.1, 0.15) is 11.4 Å². The molecule has 2 unspecified atom stereocenters. The molecule has 0 radical (unpaired) electrons. The van der Waals surface area contributed by atoms with E-state index >= 15 is 0 Å². The molecule has 1 aromatic carbocycles. The van der Waals surface area contributed by atoms with Crippen molar-refractivity contribution in [2.24, 2.45) is 5.73 Å². The molecule has 1 aliphatic heterocycles. The van der Waals surface area contributed by atoms with E-state index in [0.717, 1.165) is 5.56 Å². The molecule has 0 aromatic heterocycles.